The molecule has 0 aliphatic carbocycles. The van der Waals surface area contributed by atoms with E-state index in [1.54, 1.807) is 0 Å². The van der Waals surface area contributed by atoms with Gasteiger partial charge in [-0.05, 0) is 37.5 Å². The number of phosphoric acid groups is 2. The number of rotatable bonds is 79. The first-order chi connectivity index (χ1) is 47.9. The van der Waals surface area contributed by atoms with Crippen molar-refractivity contribution in [2.45, 2.75) is 439 Å². The Kier molecular flexibility index (Phi) is 70.3. The molecule has 17 nitrogen and oxygen atoms in total. The van der Waals surface area contributed by atoms with Crippen molar-refractivity contribution in [2.24, 2.45) is 11.8 Å². The molecule has 3 unspecified atom stereocenters. The standard InChI is InChI=1S/C80H156O17P2/c1-7-10-12-14-16-18-20-22-24-25-26-27-29-31-33-38-46-52-58-64-79(84)96-75(68-90-77(82)62-56-50-44-37-32-30-28-23-21-19-17-15-13-11-8-2)70-94-98(86,87)92-66-74(81)67-93-99(88,89)95-71-76(69-91-78(83)63-57-51-45-41-40-43-49-55-61-73(6)9-3)97-80(85)65-59-53-47-39-35-34-36-42-48-54-60-72(4)5/h72-76,81H,7-71H2,1-6H3,(H,86,87)(H,88,89)/t73?,74-,75-,76-/m1/s1. The van der Waals surface area contributed by atoms with E-state index in [0.717, 1.165) is 102 Å². The van der Waals surface area contributed by atoms with Crippen LogP contribution in [-0.2, 0) is 65.4 Å². The SMILES string of the molecule is CCCCCCCCCCCCCCCCCCCCCC(=O)O[C@H](COC(=O)CCCCCCCCCCCCCCCCC)COP(=O)(O)OC[C@@H](O)COP(=O)(O)OC[C@@H](COC(=O)CCCCCCCCCCC(C)CC)OC(=O)CCCCCCCCCCCCC(C)C. The Labute approximate surface area is 607 Å². The zero-order valence-electron chi connectivity index (χ0n) is 64.8. The normalized spacial score (nSPS) is 14.2. The summed E-state index contributed by atoms with van der Waals surface area (Å²) in [5.41, 5.74) is 0. The van der Waals surface area contributed by atoms with E-state index in [9.17, 15) is 43.2 Å². The van der Waals surface area contributed by atoms with Crippen LogP contribution in [0, 0.1) is 11.8 Å². The molecule has 0 aliphatic heterocycles. The second kappa shape index (κ2) is 71.7. The number of hydrogen-bond acceptors (Lipinski definition) is 15. The number of phosphoric ester groups is 2. The van der Waals surface area contributed by atoms with Crippen LogP contribution >= 0.6 is 15.6 Å². The highest BCUT2D eigenvalue weighted by atomic mass is 31.2. The molecular formula is C80H156O17P2. The van der Waals surface area contributed by atoms with Crippen LogP contribution in [-0.4, -0.2) is 96.7 Å². The van der Waals surface area contributed by atoms with Gasteiger partial charge in [0, 0.05) is 25.7 Å². The van der Waals surface area contributed by atoms with Gasteiger partial charge in [0.25, 0.3) is 0 Å². The van der Waals surface area contributed by atoms with Gasteiger partial charge in [-0.25, -0.2) is 9.13 Å². The fourth-order valence-electron chi connectivity index (χ4n) is 12.3. The van der Waals surface area contributed by atoms with Crippen molar-refractivity contribution in [2.75, 3.05) is 39.6 Å². The van der Waals surface area contributed by atoms with Gasteiger partial charge in [-0.15, -0.1) is 0 Å². The maximum atomic E-state index is 13.1. The average Bonchev–Trinajstić information content (AvgIpc) is 1.10. The molecule has 0 aliphatic rings. The molecule has 0 heterocycles. The van der Waals surface area contributed by atoms with E-state index in [-0.39, 0.29) is 25.7 Å². The number of hydrogen-bond donors (Lipinski definition) is 3. The van der Waals surface area contributed by atoms with E-state index < -0.39 is 97.5 Å². The lowest BCUT2D eigenvalue weighted by molar-refractivity contribution is -0.161. The van der Waals surface area contributed by atoms with Crippen molar-refractivity contribution < 1.29 is 80.2 Å². The fourth-order valence-corrected chi connectivity index (χ4v) is 13.9. The molecule has 0 rings (SSSR count). The fraction of sp³-hybridized carbons (Fsp3) is 0.950. The molecule has 0 aromatic rings. The molecule has 0 bridgehead atoms. The van der Waals surface area contributed by atoms with E-state index in [0.29, 0.717) is 25.7 Å². The highest BCUT2D eigenvalue weighted by molar-refractivity contribution is 7.47. The molecule has 6 atom stereocenters. The molecule has 0 radical (unpaired) electrons. The number of esters is 4. The first kappa shape index (κ1) is 97.1. The van der Waals surface area contributed by atoms with E-state index in [4.69, 9.17) is 37.0 Å². The number of carbonyl (C=O) groups is 4. The van der Waals surface area contributed by atoms with Crippen LogP contribution < -0.4 is 0 Å². The smallest absolute Gasteiger partial charge is 0.462 e. The summed E-state index contributed by atoms with van der Waals surface area (Å²) < 4.78 is 68.7. The van der Waals surface area contributed by atoms with Gasteiger partial charge >= 0.3 is 39.5 Å². The van der Waals surface area contributed by atoms with Gasteiger partial charge in [-0.2, -0.15) is 0 Å². The van der Waals surface area contributed by atoms with Gasteiger partial charge in [0.2, 0.25) is 0 Å². The van der Waals surface area contributed by atoms with Gasteiger partial charge in [0.15, 0.2) is 12.2 Å². The Morgan fingerprint density at radius 1 is 0.293 bits per heavy atom. The monoisotopic (exact) mass is 1450 g/mol. The molecule has 19 heteroatoms. The third-order valence-electron chi connectivity index (χ3n) is 19.1. The molecule has 99 heavy (non-hydrogen) atoms. The van der Waals surface area contributed by atoms with Crippen molar-refractivity contribution in [1.29, 1.82) is 0 Å². The van der Waals surface area contributed by atoms with Crippen molar-refractivity contribution in [3.8, 4) is 0 Å². The van der Waals surface area contributed by atoms with Gasteiger partial charge in [-0.3, -0.25) is 37.3 Å². The Morgan fingerprint density at radius 2 is 0.515 bits per heavy atom. The van der Waals surface area contributed by atoms with Crippen molar-refractivity contribution in [1.82, 2.24) is 0 Å². The van der Waals surface area contributed by atoms with Crippen molar-refractivity contribution in [3.05, 3.63) is 0 Å². The van der Waals surface area contributed by atoms with Crippen LogP contribution in [0.4, 0.5) is 0 Å². The number of carbonyl (C=O) groups excluding carboxylic acids is 4. The maximum absolute atomic E-state index is 13.1. The van der Waals surface area contributed by atoms with Crippen LogP contribution in [0.25, 0.3) is 0 Å². The lowest BCUT2D eigenvalue weighted by Gasteiger charge is -2.21. The molecular weight excluding hydrogens is 1290 g/mol. The summed E-state index contributed by atoms with van der Waals surface area (Å²) in [7, 11) is -9.92. The van der Waals surface area contributed by atoms with Gasteiger partial charge in [-0.1, -0.05) is 369 Å². The molecule has 3 N–H and O–H groups in total. The van der Waals surface area contributed by atoms with E-state index in [2.05, 4.69) is 41.5 Å². The van der Waals surface area contributed by atoms with E-state index in [1.165, 1.54) is 238 Å². The van der Waals surface area contributed by atoms with Crippen LogP contribution in [0.5, 0.6) is 0 Å². The Hall–Kier alpha value is -1.94. The first-order valence-electron chi connectivity index (χ1n) is 41.5. The lowest BCUT2D eigenvalue weighted by atomic mass is 9.99. The average molecular weight is 1450 g/mol. The minimum Gasteiger partial charge on any atom is -0.462 e. The van der Waals surface area contributed by atoms with Crippen LogP contribution in [0.1, 0.15) is 420 Å². The second-order valence-corrected chi connectivity index (χ2v) is 32.4. The molecule has 0 saturated heterocycles. The van der Waals surface area contributed by atoms with E-state index >= 15 is 0 Å². The van der Waals surface area contributed by atoms with Gasteiger partial charge in [0.1, 0.15) is 19.3 Å². The second-order valence-electron chi connectivity index (χ2n) is 29.5. The summed E-state index contributed by atoms with van der Waals surface area (Å²) in [5, 5.41) is 10.6. The summed E-state index contributed by atoms with van der Waals surface area (Å²) in [5.74, 6) is -0.580. The predicted molar refractivity (Wildman–Crippen MR) is 405 cm³/mol. The van der Waals surface area contributed by atoms with Gasteiger partial charge < -0.3 is 33.8 Å². The highest BCUT2D eigenvalue weighted by Gasteiger charge is 2.30. The quantitative estimate of drug-likeness (QED) is 0.0222. The molecule has 0 fully saturated rings. The Balaban J connectivity index is 5.25. The predicted octanol–water partition coefficient (Wildman–Crippen LogP) is 23.9. The van der Waals surface area contributed by atoms with Gasteiger partial charge in [0.05, 0.1) is 26.4 Å². The summed E-state index contributed by atoms with van der Waals surface area (Å²) in [6.45, 7) is 9.62. The first-order valence-corrected chi connectivity index (χ1v) is 44.5. The minimum absolute atomic E-state index is 0.106. The summed E-state index contributed by atoms with van der Waals surface area (Å²) in [6, 6.07) is 0. The largest absolute Gasteiger partial charge is 0.472 e. The highest BCUT2D eigenvalue weighted by Crippen LogP contribution is 2.45. The zero-order chi connectivity index (χ0) is 72.8. The van der Waals surface area contributed by atoms with Crippen molar-refractivity contribution >= 4 is 39.5 Å². The van der Waals surface area contributed by atoms with Crippen molar-refractivity contribution in [3.63, 3.8) is 0 Å². The topological polar surface area (TPSA) is 237 Å². The molecule has 0 spiro atoms. The van der Waals surface area contributed by atoms with E-state index in [1.807, 2.05) is 0 Å². The molecule has 588 valence electrons. The number of ether oxygens (including phenoxy) is 4. The number of aliphatic hydroxyl groups excluding tert-OH is 1. The molecule has 0 aromatic heterocycles. The van der Waals surface area contributed by atoms with Crippen LogP contribution in [0.2, 0.25) is 0 Å². The zero-order valence-corrected chi connectivity index (χ0v) is 66.6. The maximum Gasteiger partial charge on any atom is 0.472 e. The summed E-state index contributed by atoms with van der Waals surface area (Å²) in [6.07, 6.45) is 61.0. The van der Waals surface area contributed by atoms with Crippen LogP contribution in [0.3, 0.4) is 0 Å². The summed E-state index contributed by atoms with van der Waals surface area (Å²) >= 11 is 0. The third kappa shape index (κ3) is 72.8. The lowest BCUT2D eigenvalue weighted by Crippen LogP contribution is -2.30. The number of aliphatic hydroxyl groups is 1. The molecule has 0 aromatic carbocycles. The number of unbranched alkanes of at least 4 members (excludes halogenated alkanes) is 48. The molecule has 0 saturated carbocycles. The van der Waals surface area contributed by atoms with Crippen LogP contribution in [0.15, 0.2) is 0 Å². The Bertz CT molecular complexity index is 1910. The molecule has 0 amide bonds. The summed E-state index contributed by atoms with van der Waals surface area (Å²) in [4.78, 5) is 73.0. The Morgan fingerprint density at radius 3 is 0.768 bits per heavy atom. The minimum atomic E-state index is -4.96. The third-order valence-corrected chi connectivity index (χ3v) is 21.0.